The number of hydrogen-bond acceptors (Lipinski definition) is 2. The summed E-state index contributed by atoms with van der Waals surface area (Å²) in [6, 6.07) is 25.5. The molecule has 0 aliphatic carbocycles. The number of hydrogen-bond donors (Lipinski definition) is 0. The quantitative estimate of drug-likeness (QED) is 0.455. The lowest BCUT2D eigenvalue weighted by molar-refractivity contribution is -0.160. The molecule has 3 aromatic rings. The molecule has 29 heavy (non-hydrogen) atoms. The molecule has 2 aliphatic rings. The van der Waals surface area contributed by atoms with Crippen LogP contribution < -0.4 is 4.74 Å². The van der Waals surface area contributed by atoms with Crippen molar-refractivity contribution >= 4 is 11.6 Å². The molecule has 0 N–H and O–H groups in total. The minimum Gasteiger partial charge on any atom is -0.453 e. The maximum Gasteiger partial charge on any atom is 0.265 e. The Balaban J connectivity index is 1.59. The van der Waals surface area contributed by atoms with Crippen molar-refractivity contribution in [3.8, 4) is 5.75 Å². The molecule has 0 amide bonds. The number of ether oxygens (including phenoxy) is 2. The minimum absolute atomic E-state index is 0.536. The van der Waals surface area contributed by atoms with Gasteiger partial charge in [0.05, 0.1) is 6.61 Å². The Morgan fingerprint density at radius 3 is 2.52 bits per heavy atom. The van der Waals surface area contributed by atoms with E-state index in [9.17, 15) is 0 Å². The van der Waals surface area contributed by atoms with Gasteiger partial charge in [-0.15, -0.1) is 0 Å². The van der Waals surface area contributed by atoms with E-state index in [-0.39, 0.29) is 0 Å². The van der Waals surface area contributed by atoms with Gasteiger partial charge in [-0.25, -0.2) is 0 Å². The van der Waals surface area contributed by atoms with E-state index >= 15 is 0 Å². The van der Waals surface area contributed by atoms with Crippen LogP contribution in [0.4, 0.5) is 0 Å². The van der Waals surface area contributed by atoms with Crippen molar-refractivity contribution in [3.63, 3.8) is 0 Å². The van der Waals surface area contributed by atoms with E-state index in [4.69, 9.17) is 9.47 Å². The molecular weight excluding hydrogens is 356 g/mol. The Kier molecular flexibility index (Phi) is 4.73. The highest BCUT2D eigenvalue weighted by Crippen LogP contribution is 2.50. The number of para-hydroxylation sites is 1. The molecule has 146 valence electrons. The van der Waals surface area contributed by atoms with Gasteiger partial charge < -0.3 is 9.47 Å². The van der Waals surface area contributed by atoms with E-state index in [1.165, 1.54) is 36.0 Å². The van der Waals surface area contributed by atoms with Gasteiger partial charge in [0.15, 0.2) is 0 Å². The molecule has 0 saturated heterocycles. The van der Waals surface area contributed by atoms with Crippen LogP contribution in [0, 0.1) is 0 Å². The zero-order valence-electron chi connectivity index (χ0n) is 16.9. The second-order valence-electron chi connectivity index (χ2n) is 7.91. The van der Waals surface area contributed by atoms with E-state index in [2.05, 4.69) is 67.6 Å². The van der Waals surface area contributed by atoms with Gasteiger partial charge >= 0.3 is 0 Å². The molecule has 0 spiro atoms. The summed E-state index contributed by atoms with van der Waals surface area (Å²) in [6.45, 7) is 2.78. The van der Waals surface area contributed by atoms with Crippen molar-refractivity contribution in [1.82, 2.24) is 0 Å². The van der Waals surface area contributed by atoms with Crippen LogP contribution in [-0.2, 0) is 23.6 Å². The molecule has 5 rings (SSSR count). The summed E-state index contributed by atoms with van der Waals surface area (Å²) < 4.78 is 13.1. The molecule has 0 fully saturated rings. The first-order valence-corrected chi connectivity index (χ1v) is 10.6. The summed E-state index contributed by atoms with van der Waals surface area (Å²) >= 11 is 0. The first-order chi connectivity index (χ1) is 14.3. The van der Waals surface area contributed by atoms with Crippen LogP contribution in [0.1, 0.15) is 54.0 Å². The van der Waals surface area contributed by atoms with Crippen molar-refractivity contribution in [1.29, 1.82) is 0 Å². The lowest BCUT2D eigenvalue weighted by Crippen LogP contribution is -2.42. The third-order valence-electron chi connectivity index (χ3n) is 5.97. The van der Waals surface area contributed by atoms with Crippen molar-refractivity contribution < 1.29 is 9.47 Å². The highest BCUT2D eigenvalue weighted by atomic mass is 16.7. The summed E-state index contributed by atoms with van der Waals surface area (Å²) in [7, 11) is 0. The second kappa shape index (κ2) is 7.53. The van der Waals surface area contributed by atoms with E-state index in [1.807, 2.05) is 18.2 Å². The predicted octanol–water partition coefficient (Wildman–Crippen LogP) is 6.74. The van der Waals surface area contributed by atoms with E-state index < -0.39 is 5.79 Å². The maximum atomic E-state index is 6.61. The Labute approximate surface area is 172 Å². The molecule has 0 saturated carbocycles. The van der Waals surface area contributed by atoms with Gasteiger partial charge in [0.2, 0.25) is 0 Å². The molecule has 0 bridgehead atoms. The normalized spacial score (nSPS) is 19.4. The van der Waals surface area contributed by atoms with E-state index in [0.29, 0.717) is 6.61 Å². The van der Waals surface area contributed by atoms with Crippen LogP contribution in [0.15, 0.2) is 72.8 Å². The smallest absolute Gasteiger partial charge is 0.265 e. The Morgan fingerprint density at radius 2 is 1.66 bits per heavy atom. The summed E-state index contributed by atoms with van der Waals surface area (Å²) in [6.07, 6.45) is 7.11. The number of benzene rings is 3. The van der Waals surface area contributed by atoms with Crippen LogP contribution in [0.5, 0.6) is 5.75 Å². The van der Waals surface area contributed by atoms with Crippen LogP contribution in [0.2, 0.25) is 0 Å². The zero-order valence-corrected chi connectivity index (χ0v) is 16.9. The Morgan fingerprint density at radius 1 is 0.862 bits per heavy atom. The third kappa shape index (κ3) is 3.18. The van der Waals surface area contributed by atoms with Gasteiger partial charge in [-0.3, -0.25) is 0 Å². The number of aryl methyl sites for hydroxylation is 1. The van der Waals surface area contributed by atoms with Gasteiger partial charge in [0, 0.05) is 16.7 Å². The number of unbranched alkanes of at least 4 members (excludes halogenated alkanes) is 2. The second-order valence-corrected chi connectivity index (χ2v) is 7.91. The average molecular weight is 383 g/mol. The van der Waals surface area contributed by atoms with Gasteiger partial charge in [-0.05, 0) is 41.7 Å². The van der Waals surface area contributed by atoms with Crippen molar-refractivity contribution in [2.45, 2.75) is 45.0 Å². The zero-order chi connectivity index (χ0) is 19.7. The fourth-order valence-electron chi connectivity index (χ4n) is 4.37. The maximum absolute atomic E-state index is 6.61. The molecule has 3 aromatic carbocycles. The first-order valence-electron chi connectivity index (χ1n) is 10.6. The van der Waals surface area contributed by atoms with Crippen molar-refractivity contribution in [3.05, 3.63) is 101 Å². The van der Waals surface area contributed by atoms with Crippen LogP contribution in [-0.4, -0.2) is 0 Å². The predicted molar refractivity (Wildman–Crippen MR) is 118 cm³/mol. The van der Waals surface area contributed by atoms with Gasteiger partial charge in [-0.2, -0.15) is 0 Å². The molecule has 2 heteroatoms. The largest absolute Gasteiger partial charge is 0.453 e. The van der Waals surface area contributed by atoms with Crippen LogP contribution in [0.25, 0.3) is 11.6 Å². The monoisotopic (exact) mass is 382 g/mol. The summed E-state index contributed by atoms with van der Waals surface area (Å²) in [4.78, 5) is 0. The fourth-order valence-corrected chi connectivity index (χ4v) is 4.37. The standard InChI is InChI=1S/C27H26O2/c1-2-3-4-9-20-14-16-23(17-15-20)27-25(18-21-10-6-8-13-26(21)29-27)24-12-7-5-11-22(24)19-28-27/h5-8,10-18H,2-4,9,19H2,1H3. The molecule has 1 unspecified atom stereocenters. The van der Waals surface area contributed by atoms with Gasteiger partial charge in [0.25, 0.3) is 5.79 Å². The molecule has 0 radical (unpaired) electrons. The van der Waals surface area contributed by atoms with Crippen molar-refractivity contribution in [2.75, 3.05) is 0 Å². The Bertz CT molecular complexity index is 1050. The molecular formula is C27H26O2. The highest BCUT2D eigenvalue weighted by Gasteiger charge is 2.46. The van der Waals surface area contributed by atoms with E-state index in [0.717, 1.165) is 28.9 Å². The summed E-state index contributed by atoms with van der Waals surface area (Å²) in [5, 5.41) is 0. The lowest BCUT2D eigenvalue weighted by atomic mass is 9.83. The Hall–Kier alpha value is -2.84. The van der Waals surface area contributed by atoms with Gasteiger partial charge in [-0.1, -0.05) is 86.5 Å². The van der Waals surface area contributed by atoms with Crippen LogP contribution in [0.3, 0.4) is 0 Å². The molecule has 1 atom stereocenters. The average Bonchev–Trinajstić information content (AvgIpc) is 2.78. The number of fused-ring (bicyclic) bond motifs is 4. The fraction of sp³-hybridized carbons (Fsp3) is 0.259. The lowest BCUT2D eigenvalue weighted by Gasteiger charge is -2.43. The topological polar surface area (TPSA) is 18.5 Å². The SMILES string of the molecule is CCCCCc1ccc(C23OCc4ccccc4C2=Cc2ccccc2O3)cc1. The summed E-state index contributed by atoms with van der Waals surface area (Å²) in [5.41, 5.74) is 7.00. The van der Waals surface area contributed by atoms with Gasteiger partial charge in [0.1, 0.15) is 5.75 Å². The third-order valence-corrected chi connectivity index (χ3v) is 5.97. The minimum atomic E-state index is -0.898. The molecule has 2 nitrogen and oxygen atoms in total. The molecule has 2 heterocycles. The number of rotatable bonds is 5. The highest BCUT2D eigenvalue weighted by molar-refractivity contribution is 5.91. The summed E-state index contributed by atoms with van der Waals surface area (Å²) in [5.74, 6) is -0.0346. The molecule has 2 aliphatic heterocycles. The molecule has 0 aromatic heterocycles. The van der Waals surface area contributed by atoms with Crippen molar-refractivity contribution in [2.24, 2.45) is 0 Å². The van der Waals surface area contributed by atoms with Crippen LogP contribution >= 0.6 is 0 Å². The first kappa shape index (κ1) is 18.2. The van der Waals surface area contributed by atoms with E-state index in [1.54, 1.807) is 0 Å².